The Kier molecular flexibility index (Phi) is 8.77. The van der Waals surface area contributed by atoms with Crippen molar-refractivity contribution in [3.8, 4) is 23.0 Å². The van der Waals surface area contributed by atoms with E-state index in [9.17, 15) is 23.6 Å². The number of amides is 1. The summed E-state index contributed by atoms with van der Waals surface area (Å²) in [6.45, 7) is 11.6. The lowest BCUT2D eigenvalue weighted by Crippen LogP contribution is -2.54. The maximum Gasteiger partial charge on any atom is 0.276 e. The van der Waals surface area contributed by atoms with E-state index in [1.165, 1.54) is 16.7 Å². The monoisotopic (exact) mass is 669 g/mol. The zero-order chi connectivity index (χ0) is 33.8. The Bertz CT molecular complexity index is 2030. The first-order valence-corrected chi connectivity index (χ1v) is 15.0. The number of carbonyl (C=O) groups is 1. The number of rotatable bonds is 5. The molecule has 1 aliphatic rings. The minimum absolute atomic E-state index is 0.0756. The molecule has 2 N–H and O–H groups in total. The van der Waals surface area contributed by atoms with Crippen LogP contribution in [0, 0.1) is 35.7 Å². The summed E-state index contributed by atoms with van der Waals surface area (Å²) in [5.41, 5.74) is 4.82. The third kappa shape index (κ3) is 5.13. The number of nitriles is 1. The van der Waals surface area contributed by atoms with Gasteiger partial charge in [0.2, 0.25) is 5.91 Å². The van der Waals surface area contributed by atoms with Gasteiger partial charge in [-0.05, 0) is 43.5 Å². The van der Waals surface area contributed by atoms with E-state index in [2.05, 4.69) is 16.5 Å². The number of anilines is 2. The Balaban J connectivity index is 1.94. The van der Waals surface area contributed by atoms with Gasteiger partial charge in [0.1, 0.15) is 22.3 Å². The Morgan fingerprint density at radius 2 is 1.89 bits per heavy atom. The number of pyridine rings is 3. The van der Waals surface area contributed by atoms with E-state index in [0.29, 0.717) is 16.9 Å². The van der Waals surface area contributed by atoms with Crippen LogP contribution in [0.2, 0.25) is 10.0 Å². The molecule has 1 amide bonds. The number of hydrogen-bond donors (Lipinski definition) is 1. The SMILES string of the molecule is C=CC(=O)N1CCN(c2c(C#N)c(=O)n(-c3c(C)ccnc3C(C)C)c3nc(-c4c(N)c(Cl)c(F)c(F)c4F)c(Cl)cc23)C[C@H]1C. The van der Waals surface area contributed by atoms with Gasteiger partial charge in [0.25, 0.3) is 5.56 Å². The maximum absolute atomic E-state index is 15.3. The van der Waals surface area contributed by atoms with E-state index in [4.69, 9.17) is 28.9 Å². The molecule has 1 aliphatic heterocycles. The highest BCUT2D eigenvalue weighted by Gasteiger charge is 2.33. The number of aromatic nitrogens is 3. The van der Waals surface area contributed by atoms with Crippen LogP contribution >= 0.6 is 23.2 Å². The van der Waals surface area contributed by atoms with E-state index in [-0.39, 0.29) is 64.8 Å². The van der Waals surface area contributed by atoms with Crippen molar-refractivity contribution in [1.82, 2.24) is 19.4 Å². The van der Waals surface area contributed by atoms with Crippen LogP contribution in [0.5, 0.6) is 0 Å². The minimum Gasteiger partial charge on any atom is -0.397 e. The van der Waals surface area contributed by atoms with Crippen LogP contribution in [0.1, 0.15) is 43.5 Å². The van der Waals surface area contributed by atoms with Gasteiger partial charge in [0, 0.05) is 37.3 Å². The van der Waals surface area contributed by atoms with Crippen LogP contribution in [0.4, 0.5) is 24.5 Å². The van der Waals surface area contributed by atoms with Gasteiger partial charge in [0.15, 0.2) is 17.5 Å². The smallest absolute Gasteiger partial charge is 0.276 e. The predicted octanol–water partition coefficient (Wildman–Crippen LogP) is 6.28. The van der Waals surface area contributed by atoms with E-state index in [1.54, 1.807) is 29.0 Å². The Morgan fingerprint density at radius 3 is 2.50 bits per heavy atom. The largest absolute Gasteiger partial charge is 0.397 e. The highest BCUT2D eigenvalue weighted by Crippen LogP contribution is 2.43. The highest BCUT2D eigenvalue weighted by molar-refractivity contribution is 6.36. The van der Waals surface area contributed by atoms with Crippen molar-refractivity contribution in [2.45, 2.75) is 39.7 Å². The van der Waals surface area contributed by atoms with Crippen LogP contribution < -0.4 is 16.2 Å². The molecule has 5 rings (SSSR count). The van der Waals surface area contributed by atoms with E-state index in [0.717, 1.165) is 0 Å². The average Bonchev–Trinajstić information content (AvgIpc) is 3.02. The molecule has 4 aromatic rings. The molecule has 46 heavy (non-hydrogen) atoms. The average molecular weight is 671 g/mol. The van der Waals surface area contributed by atoms with Crippen molar-refractivity contribution in [2.75, 3.05) is 30.3 Å². The lowest BCUT2D eigenvalue weighted by molar-refractivity contribution is -0.128. The highest BCUT2D eigenvalue weighted by atomic mass is 35.5. The number of piperazine rings is 1. The molecular weight excluding hydrogens is 642 g/mol. The second-order valence-corrected chi connectivity index (χ2v) is 12.0. The predicted molar refractivity (Wildman–Crippen MR) is 172 cm³/mol. The number of benzene rings is 1. The lowest BCUT2D eigenvalue weighted by Gasteiger charge is -2.41. The number of carbonyl (C=O) groups excluding carboxylic acids is 1. The van der Waals surface area contributed by atoms with Gasteiger partial charge in [0.05, 0.1) is 39.0 Å². The summed E-state index contributed by atoms with van der Waals surface area (Å²) in [5.74, 6) is -5.68. The van der Waals surface area contributed by atoms with Gasteiger partial charge in [-0.1, -0.05) is 43.6 Å². The first kappa shape index (κ1) is 32.8. The maximum atomic E-state index is 15.3. The fourth-order valence-corrected chi connectivity index (χ4v) is 6.27. The number of nitrogen functional groups attached to an aromatic ring is 1. The normalized spacial score (nSPS) is 15.0. The Labute approximate surface area is 272 Å². The summed E-state index contributed by atoms with van der Waals surface area (Å²) in [5, 5.41) is 9.54. The molecule has 1 saturated heterocycles. The Morgan fingerprint density at radius 1 is 1.20 bits per heavy atom. The third-order valence-corrected chi connectivity index (χ3v) is 8.71. The number of fused-ring (bicyclic) bond motifs is 1. The molecular formula is C32H28Cl2F3N7O2. The fourth-order valence-electron chi connectivity index (χ4n) is 5.85. The van der Waals surface area contributed by atoms with Crippen molar-refractivity contribution >= 4 is 51.5 Å². The standard InChI is InChI=1S/C32H28Cl2F3N7O2/c1-6-20(45)43-10-9-42(13-16(43)5)30-17-11-19(33)28(21-23(35)25(37)24(36)22(34)26(21)39)41-31(17)44(32(46)18(30)12-38)29-15(4)7-8-40-27(29)14(2)3/h6-8,11,14,16H,1,9-10,13,39H2,2-5H3/t16-/m1/s1. The van der Waals surface area contributed by atoms with Crippen LogP contribution in [0.3, 0.4) is 0 Å². The summed E-state index contributed by atoms with van der Waals surface area (Å²) in [6, 6.07) is 4.76. The van der Waals surface area contributed by atoms with E-state index in [1.807, 2.05) is 26.8 Å². The molecule has 14 heteroatoms. The van der Waals surface area contributed by atoms with E-state index < -0.39 is 45.0 Å². The van der Waals surface area contributed by atoms with Crippen LogP contribution in [0.25, 0.3) is 28.0 Å². The molecule has 0 radical (unpaired) electrons. The van der Waals surface area contributed by atoms with Crippen LogP contribution in [-0.4, -0.2) is 51.0 Å². The molecule has 238 valence electrons. The molecule has 0 bridgehead atoms. The first-order valence-electron chi connectivity index (χ1n) is 14.2. The van der Waals surface area contributed by atoms with Gasteiger partial charge in [-0.2, -0.15) is 5.26 Å². The Hall–Kier alpha value is -4.60. The zero-order valence-electron chi connectivity index (χ0n) is 25.3. The third-order valence-electron chi connectivity index (χ3n) is 8.05. The zero-order valence-corrected chi connectivity index (χ0v) is 26.8. The van der Waals surface area contributed by atoms with Crippen molar-refractivity contribution < 1.29 is 18.0 Å². The summed E-state index contributed by atoms with van der Waals surface area (Å²) in [6.07, 6.45) is 2.80. The molecule has 1 fully saturated rings. The molecule has 1 atom stereocenters. The molecule has 4 heterocycles. The van der Waals surface area contributed by atoms with Crippen molar-refractivity contribution in [2.24, 2.45) is 0 Å². The quantitative estimate of drug-likeness (QED) is 0.115. The number of nitrogens with two attached hydrogens (primary N) is 1. The summed E-state index contributed by atoms with van der Waals surface area (Å²) in [4.78, 5) is 39.3. The molecule has 0 unspecified atom stereocenters. The lowest BCUT2D eigenvalue weighted by atomic mass is 10.0. The van der Waals surface area contributed by atoms with Gasteiger partial charge in [-0.15, -0.1) is 0 Å². The minimum atomic E-state index is -1.88. The van der Waals surface area contributed by atoms with Crippen molar-refractivity contribution in [3.05, 3.63) is 85.7 Å². The number of halogens is 5. The van der Waals surface area contributed by atoms with Gasteiger partial charge >= 0.3 is 0 Å². The van der Waals surface area contributed by atoms with Crippen molar-refractivity contribution in [3.63, 3.8) is 0 Å². The number of aryl methyl sites for hydroxylation is 1. The van der Waals surface area contributed by atoms with E-state index >= 15 is 4.39 Å². The van der Waals surface area contributed by atoms with Crippen molar-refractivity contribution in [1.29, 1.82) is 5.26 Å². The topological polar surface area (TPSA) is 121 Å². The molecule has 0 spiro atoms. The molecule has 0 aliphatic carbocycles. The summed E-state index contributed by atoms with van der Waals surface area (Å²) in [7, 11) is 0. The molecule has 3 aromatic heterocycles. The molecule has 9 nitrogen and oxygen atoms in total. The fraction of sp³-hybridized carbons (Fsp3) is 0.281. The number of nitrogens with zero attached hydrogens (tertiary/aromatic N) is 6. The summed E-state index contributed by atoms with van der Waals surface area (Å²) >= 11 is 12.6. The molecule has 0 saturated carbocycles. The van der Waals surface area contributed by atoms with Crippen LogP contribution in [0.15, 0.2) is 35.8 Å². The summed E-state index contributed by atoms with van der Waals surface area (Å²) < 4.78 is 45.4. The second kappa shape index (κ2) is 12.3. The molecule has 1 aromatic carbocycles. The van der Waals surface area contributed by atoms with Gasteiger partial charge in [-0.3, -0.25) is 19.1 Å². The number of hydrogen-bond acceptors (Lipinski definition) is 7. The van der Waals surface area contributed by atoms with Crippen LogP contribution in [-0.2, 0) is 4.79 Å². The van der Waals surface area contributed by atoms with Gasteiger partial charge in [-0.25, -0.2) is 18.2 Å². The van der Waals surface area contributed by atoms with Gasteiger partial charge < -0.3 is 15.5 Å². The second-order valence-electron chi connectivity index (χ2n) is 11.3. The first-order chi connectivity index (χ1) is 21.7.